The monoisotopic (exact) mass is 332 g/mol. The van der Waals surface area contributed by atoms with Gasteiger partial charge in [0.25, 0.3) is 0 Å². The molecule has 124 valence electrons. The van der Waals surface area contributed by atoms with Crippen molar-refractivity contribution in [2.24, 2.45) is 0 Å². The molecule has 0 N–H and O–H groups in total. The van der Waals surface area contributed by atoms with E-state index in [1.54, 1.807) is 0 Å². The van der Waals surface area contributed by atoms with E-state index in [9.17, 15) is 0 Å². The minimum absolute atomic E-state index is 0.419. The first-order valence-corrected chi connectivity index (χ1v) is 8.91. The molecule has 0 amide bonds. The number of aryl methyl sites for hydroxylation is 1. The lowest BCUT2D eigenvalue weighted by Gasteiger charge is -2.36. The van der Waals surface area contributed by atoms with Crippen LogP contribution in [0, 0.1) is 6.92 Å². The van der Waals surface area contributed by atoms with Crippen LogP contribution >= 0.6 is 11.3 Å². The molecule has 1 saturated heterocycles. The van der Waals surface area contributed by atoms with Crippen LogP contribution in [-0.2, 0) is 11.3 Å². The Kier molecular flexibility index (Phi) is 5.72. The molecule has 2 aromatic heterocycles. The van der Waals surface area contributed by atoms with Gasteiger partial charge in [-0.1, -0.05) is 6.07 Å². The fourth-order valence-corrected chi connectivity index (χ4v) is 3.74. The summed E-state index contributed by atoms with van der Waals surface area (Å²) in [5.74, 6) is 0. The molecule has 0 aliphatic carbocycles. The van der Waals surface area contributed by atoms with Gasteiger partial charge in [-0.05, 0) is 25.4 Å². The zero-order chi connectivity index (χ0) is 16.1. The molecule has 3 heterocycles. The van der Waals surface area contributed by atoms with Crippen molar-refractivity contribution in [2.45, 2.75) is 19.5 Å². The van der Waals surface area contributed by atoms with Crippen LogP contribution in [0.1, 0.15) is 22.3 Å². The maximum absolute atomic E-state index is 5.51. The Bertz CT molecular complexity index is 581. The van der Waals surface area contributed by atoms with Crippen molar-refractivity contribution < 1.29 is 4.74 Å². The highest BCUT2D eigenvalue weighted by Gasteiger charge is 2.24. The van der Waals surface area contributed by atoms with Gasteiger partial charge in [0.15, 0.2) is 0 Å². The molecule has 0 spiro atoms. The summed E-state index contributed by atoms with van der Waals surface area (Å²) in [4.78, 5) is 15.1. The molecule has 5 nitrogen and oxygen atoms in total. The third-order valence-electron chi connectivity index (χ3n) is 4.11. The van der Waals surface area contributed by atoms with Gasteiger partial charge in [-0.2, -0.15) is 0 Å². The molecule has 0 aromatic carbocycles. The lowest BCUT2D eigenvalue weighted by molar-refractivity contribution is 0.00957. The van der Waals surface area contributed by atoms with E-state index < -0.39 is 0 Å². The summed E-state index contributed by atoms with van der Waals surface area (Å²) >= 11 is 1.84. The maximum atomic E-state index is 5.51. The number of hydrogen-bond acceptors (Lipinski definition) is 6. The number of nitrogens with zero attached hydrogens (tertiary/aromatic N) is 4. The second kappa shape index (κ2) is 7.97. The molecule has 23 heavy (non-hydrogen) atoms. The molecule has 0 bridgehead atoms. The fourth-order valence-electron chi connectivity index (χ4n) is 2.89. The molecule has 0 radical (unpaired) electrons. The van der Waals surface area contributed by atoms with Gasteiger partial charge in [0.05, 0.1) is 30.6 Å². The molecule has 6 heteroatoms. The topological polar surface area (TPSA) is 41.5 Å². The van der Waals surface area contributed by atoms with Crippen LogP contribution in [0.4, 0.5) is 0 Å². The van der Waals surface area contributed by atoms with Crippen LogP contribution in [-0.4, -0.2) is 59.7 Å². The van der Waals surface area contributed by atoms with Gasteiger partial charge in [-0.25, -0.2) is 0 Å². The number of ether oxygens (including phenoxy) is 1. The normalized spacial score (nSPS) is 17.5. The number of thiophene rings is 1. The molecule has 1 aliphatic rings. The van der Waals surface area contributed by atoms with Gasteiger partial charge in [-0.15, -0.1) is 11.3 Å². The average molecular weight is 332 g/mol. The lowest BCUT2D eigenvalue weighted by Crippen LogP contribution is -2.42. The van der Waals surface area contributed by atoms with Crippen molar-refractivity contribution >= 4 is 11.3 Å². The smallest absolute Gasteiger partial charge is 0.0726 e. The molecule has 2 aromatic rings. The fraction of sp³-hybridized carbons (Fsp3) is 0.529. The van der Waals surface area contributed by atoms with Crippen LogP contribution in [0.25, 0.3) is 0 Å². The van der Waals surface area contributed by atoms with Crippen LogP contribution in [0.5, 0.6) is 0 Å². The second-order valence-corrected chi connectivity index (χ2v) is 7.00. The number of morpholine rings is 1. The number of hydrogen-bond donors (Lipinski definition) is 0. The van der Waals surface area contributed by atoms with Gasteiger partial charge in [0.2, 0.25) is 0 Å². The van der Waals surface area contributed by atoms with Gasteiger partial charge in [0.1, 0.15) is 0 Å². The Labute approximate surface area is 141 Å². The number of aromatic nitrogens is 2. The molecule has 1 atom stereocenters. The first-order valence-electron chi connectivity index (χ1n) is 8.03. The van der Waals surface area contributed by atoms with Crippen LogP contribution < -0.4 is 0 Å². The Morgan fingerprint density at radius 2 is 2.13 bits per heavy atom. The van der Waals surface area contributed by atoms with E-state index in [-0.39, 0.29) is 0 Å². The Balaban J connectivity index is 1.66. The Hall–Kier alpha value is -1.34. The second-order valence-electron chi connectivity index (χ2n) is 6.03. The van der Waals surface area contributed by atoms with Crippen molar-refractivity contribution in [3.63, 3.8) is 0 Å². The molecular weight excluding hydrogens is 308 g/mol. The Morgan fingerprint density at radius 3 is 2.78 bits per heavy atom. The highest BCUT2D eigenvalue weighted by atomic mass is 32.1. The summed E-state index contributed by atoms with van der Waals surface area (Å²) in [6.07, 6.45) is 3.71. The summed E-state index contributed by atoms with van der Waals surface area (Å²) in [5, 5.41) is 2.16. The minimum atomic E-state index is 0.419. The van der Waals surface area contributed by atoms with Gasteiger partial charge in [-0.3, -0.25) is 19.8 Å². The zero-order valence-corrected chi connectivity index (χ0v) is 14.6. The predicted molar refractivity (Wildman–Crippen MR) is 92.6 cm³/mol. The summed E-state index contributed by atoms with van der Waals surface area (Å²) in [6, 6.07) is 4.80. The third kappa shape index (κ3) is 4.57. The lowest BCUT2D eigenvalue weighted by atomic mass is 10.1. The van der Waals surface area contributed by atoms with E-state index in [1.807, 2.05) is 30.7 Å². The van der Waals surface area contributed by atoms with E-state index in [4.69, 9.17) is 4.74 Å². The molecule has 1 aliphatic heterocycles. The van der Waals surface area contributed by atoms with Crippen molar-refractivity contribution in [3.8, 4) is 0 Å². The quantitative estimate of drug-likeness (QED) is 0.812. The van der Waals surface area contributed by atoms with Crippen LogP contribution in [0.15, 0.2) is 29.9 Å². The average Bonchev–Trinajstić information content (AvgIpc) is 3.10. The van der Waals surface area contributed by atoms with E-state index in [0.717, 1.165) is 50.8 Å². The summed E-state index contributed by atoms with van der Waals surface area (Å²) in [6.45, 7) is 7.42. The zero-order valence-electron chi connectivity index (χ0n) is 13.8. The van der Waals surface area contributed by atoms with Crippen LogP contribution in [0.2, 0.25) is 0 Å². The summed E-state index contributed by atoms with van der Waals surface area (Å²) < 4.78 is 5.51. The SMILES string of the molecule is Cc1cnc(CN(C)C[C@H](c2cccs2)N2CCOCC2)cn1. The van der Waals surface area contributed by atoms with E-state index in [2.05, 4.69) is 44.3 Å². The summed E-state index contributed by atoms with van der Waals surface area (Å²) in [7, 11) is 2.16. The van der Waals surface area contributed by atoms with Gasteiger partial charge < -0.3 is 4.74 Å². The highest BCUT2D eigenvalue weighted by molar-refractivity contribution is 7.10. The number of likely N-dealkylation sites (N-methyl/N-ethyl adjacent to an activating group) is 1. The standard InChI is InChI=1S/C17H24N4OS/c1-14-10-19-15(11-18-14)12-20(2)13-16(17-4-3-9-23-17)21-5-7-22-8-6-21/h3-4,9-11,16H,5-8,12-13H2,1-2H3/t16-/m1/s1. The number of rotatable bonds is 6. The van der Waals surface area contributed by atoms with Crippen molar-refractivity contribution in [1.29, 1.82) is 0 Å². The van der Waals surface area contributed by atoms with Crippen molar-refractivity contribution in [2.75, 3.05) is 39.9 Å². The van der Waals surface area contributed by atoms with E-state index in [1.165, 1.54) is 4.88 Å². The largest absolute Gasteiger partial charge is 0.379 e. The predicted octanol–water partition coefficient (Wildman–Crippen LogP) is 2.35. The first-order chi connectivity index (χ1) is 11.2. The van der Waals surface area contributed by atoms with Gasteiger partial charge in [0, 0.05) is 43.4 Å². The third-order valence-corrected chi connectivity index (χ3v) is 5.08. The van der Waals surface area contributed by atoms with Crippen LogP contribution in [0.3, 0.4) is 0 Å². The van der Waals surface area contributed by atoms with E-state index >= 15 is 0 Å². The van der Waals surface area contributed by atoms with E-state index in [0.29, 0.717) is 6.04 Å². The summed E-state index contributed by atoms with van der Waals surface area (Å²) in [5.41, 5.74) is 1.98. The maximum Gasteiger partial charge on any atom is 0.0726 e. The molecule has 1 fully saturated rings. The Morgan fingerprint density at radius 1 is 1.30 bits per heavy atom. The first kappa shape index (κ1) is 16.5. The van der Waals surface area contributed by atoms with Crippen molar-refractivity contribution in [1.82, 2.24) is 19.8 Å². The minimum Gasteiger partial charge on any atom is -0.379 e. The van der Waals surface area contributed by atoms with Crippen molar-refractivity contribution in [3.05, 3.63) is 46.2 Å². The molecule has 0 unspecified atom stereocenters. The highest BCUT2D eigenvalue weighted by Crippen LogP contribution is 2.27. The van der Waals surface area contributed by atoms with Gasteiger partial charge >= 0.3 is 0 Å². The molecular formula is C17H24N4OS. The molecule has 3 rings (SSSR count). The molecule has 0 saturated carbocycles.